The molecule has 0 spiro atoms. The highest BCUT2D eigenvalue weighted by molar-refractivity contribution is 6.35. The number of aromatic nitrogens is 1. The molecule has 1 aromatic rings. The zero-order chi connectivity index (χ0) is 11.3. The molecule has 0 aromatic carbocycles. The molecule has 0 saturated carbocycles. The second kappa shape index (κ2) is 6.12. The molecule has 0 aliphatic heterocycles. The number of anilines is 1. The van der Waals surface area contributed by atoms with E-state index in [1.807, 2.05) is 0 Å². The zero-order valence-corrected chi connectivity index (χ0v) is 9.72. The Hall–Kier alpha value is -0.550. The average Bonchev–Trinajstić information content (AvgIpc) is 2.17. The van der Waals surface area contributed by atoms with Crippen molar-refractivity contribution in [3.05, 3.63) is 22.3 Å². The van der Waals surface area contributed by atoms with E-state index in [1.165, 1.54) is 13.3 Å². The maximum atomic E-state index is 9.37. The minimum atomic E-state index is -0.594. The molecule has 6 heteroatoms. The first-order chi connectivity index (χ1) is 7.13. The van der Waals surface area contributed by atoms with Crippen LogP contribution in [0.2, 0.25) is 10.0 Å². The van der Waals surface area contributed by atoms with Crippen LogP contribution >= 0.6 is 23.2 Å². The van der Waals surface area contributed by atoms with Gasteiger partial charge in [0, 0.05) is 19.9 Å². The fraction of sp³-hybridized carbons (Fsp3) is 0.444. The topological polar surface area (TPSA) is 54.4 Å². The lowest BCUT2D eigenvalue weighted by Crippen LogP contribution is -2.24. The first kappa shape index (κ1) is 12.5. The van der Waals surface area contributed by atoms with Crippen molar-refractivity contribution < 1.29 is 9.84 Å². The molecule has 0 radical (unpaired) electrons. The van der Waals surface area contributed by atoms with Crippen LogP contribution in [0.1, 0.15) is 0 Å². The summed E-state index contributed by atoms with van der Waals surface area (Å²) in [7, 11) is 1.52. The summed E-state index contributed by atoms with van der Waals surface area (Å²) in [5.74, 6) is 0.496. The van der Waals surface area contributed by atoms with E-state index in [0.717, 1.165) is 0 Å². The number of rotatable bonds is 5. The molecule has 4 nitrogen and oxygen atoms in total. The molecule has 2 N–H and O–H groups in total. The highest BCUT2D eigenvalue weighted by Gasteiger charge is 2.06. The molecule has 0 saturated heterocycles. The minimum Gasteiger partial charge on any atom is -0.389 e. The van der Waals surface area contributed by atoms with Crippen molar-refractivity contribution in [1.29, 1.82) is 0 Å². The summed E-state index contributed by atoms with van der Waals surface area (Å²) in [6.45, 7) is 0.584. The quantitative estimate of drug-likeness (QED) is 0.837. The Bertz CT molecular complexity index is 323. The first-order valence-corrected chi connectivity index (χ1v) is 5.11. The second-order valence-electron chi connectivity index (χ2n) is 2.97. The highest BCUT2D eigenvalue weighted by atomic mass is 35.5. The van der Waals surface area contributed by atoms with Gasteiger partial charge in [-0.3, -0.25) is 0 Å². The van der Waals surface area contributed by atoms with E-state index in [4.69, 9.17) is 27.9 Å². The number of halogens is 2. The van der Waals surface area contributed by atoms with Gasteiger partial charge in [0.2, 0.25) is 0 Å². The normalized spacial score (nSPS) is 12.5. The van der Waals surface area contributed by atoms with Crippen molar-refractivity contribution in [2.45, 2.75) is 6.10 Å². The van der Waals surface area contributed by atoms with E-state index in [0.29, 0.717) is 22.4 Å². The standard InChI is InChI=1S/C9H12Cl2N2O2/c1-15-5-7(14)4-13-9-8(11)2-6(10)3-12-9/h2-3,7,14H,4-5H2,1H3,(H,12,13). The van der Waals surface area contributed by atoms with Gasteiger partial charge >= 0.3 is 0 Å². The van der Waals surface area contributed by atoms with Crippen LogP contribution < -0.4 is 5.32 Å². The number of nitrogens with zero attached hydrogens (tertiary/aromatic N) is 1. The van der Waals surface area contributed by atoms with Gasteiger partial charge in [-0.25, -0.2) is 4.98 Å². The van der Waals surface area contributed by atoms with Gasteiger partial charge < -0.3 is 15.2 Å². The number of aliphatic hydroxyl groups excluding tert-OH is 1. The third-order valence-corrected chi connectivity index (χ3v) is 2.17. The van der Waals surface area contributed by atoms with Crippen molar-refractivity contribution in [1.82, 2.24) is 4.98 Å². The third-order valence-electron chi connectivity index (χ3n) is 1.67. The molecule has 84 valence electrons. The van der Waals surface area contributed by atoms with Gasteiger partial charge in [-0.05, 0) is 6.07 Å². The Morgan fingerprint density at radius 2 is 2.33 bits per heavy atom. The van der Waals surface area contributed by atoms with Crippen LogP contribution in [0.3, 0.4) is 0 Å². The molecule has 1 rings (SSSR count). The van der Waals surface area contributed by atoms with Crippen molar-refractivity contribution in [2.75, 3.05) is 25.6 Å². The molecule has 0 bridgehead atoms. The second-order valence-corrected chi connectivity index (χ2v) is 3.82. The largest absolute Gasteiger partial charge is 0.389 e. The Morgan fingerprint density at radius 3 is 2.93 bits per heavy atom. The highest BCUT2D eigenvalue weighted by Crippen LogP contribution is 2.22. The van der Waals surface area contributed by atoms with Gasteiger partial charge in [0.25, 0.3) is 0 Å². The third kappa shape index (κ3) is 4.22. The van der Waals surface area contributed by atoms with E-state index in [1.54, 1.807) is 6.07 Å². The van der Waals surface area contributed by atoms with Gasteiger partial charge in [-0.15, -0.1) is 0 Å². The van der Waals surface area contributed by atoms with Crippen LogP contribution in [0.15, 0.2) is 12.3 Å². The minimum absolute atomic E-state index is 0.262. The van der Waals surface area contributed by atoms with Crippen LogP contribution in [0.4, 0.5) is 5.82 Å². The van der Waals surface area contributed by atoms with Crippen molar-refractivity contribution >= 4 is 29.0 Å². The number of ether oxygens (including phenoxy) is 1. The monoisotopic (exact) mass is 250 g/mol. The summed E-state index contributed by atoms with van der Waals surface area (Å²) in [6, 6.07) is 1.58. The fourth-order valence-corrected chi connectivity index (χ4v) is 1.46. The van der Waals surface area contributed by atoms with Crippen LogP contribution in [0.25, 0.3) is 0 Å². The van der Waals surface area contributed by atoms with E-state index >= 15 is 0 Å². The molecular weight excluding hydrogens is 239 g/mol. The van der Waals surface area contributed by atoms with Gasteiger partial charge in [-0.1, -0.05) is 23.2 Å². The lowest BCUT2D eigenvalue weighted by Gasteiger charge is -2.11. The molecule has 1 heterocycles. The molecule has 1 atom stereocenters. The number of methoxy groups -OCH3 is 1. The van der Waals surface area contributed by atoms with E-state index in [9.17, 15) is 5.11 Å². The maximum Gasteiger partial charge on any atom is 0.144 e. The van der Waals surface area contributed by atoms with Crippen molar-refractivity contribution in [3.63, 3.8) is 0 Å². The molecule has 0 amide bonds. The lowest BCUT2D eigenvalue weighted by atomic mass is 10.3. The summed E-state index contributed by atoms with van der Waals surface area (Å²) < 4.78 is 4.78. The first-order valence-electron chi connectivity index (χ1n) is 4.35. The SMILES string of the molecule is COCC(O)CNc1ncc(Cl)cc1Cl. The van der Waals surface area contributed by atoms with Gasteiger partial charge in [0.1, 0.15) is 5.82 Å². The molecule has 1 aromatic heterocycles. The van der Waals surface area contributed by atoms with Crippen molar-refractivity contribution in [3.8, 4) is 0 Å². The zero-order valence-electron chi connectivity index (χ0n) is 8.20. The number of pyridine rings is 1. The smallest absolute Gasteiger partial charge is 0.144 e. The van der Waals surface area contributed by atoms with Crippen LogP contribution in [0, 0.1) is 0 Å². The fourth-order valence-electron chi connectivity index (χ4n) is 1.01. The average molecular weight is 251 g/mol. The predicted octanol–water partition coefficient (Wildman–Crippen LogP) is 1.81. The summed E-state index contributed by atoms with van der Waals surface area (Å²) in [5, 5.41) is 13.2. The molecule has 0 aliphatic rings. The number of aliphatic hydroxyl groups is 1. The van der Waals surface area contributed by atoms with Crippen molar-refractivity contribution in [2.24, 2.45) is 0 Å². The Balaban J connectivity index is 2.50. The molecule has 0 fully saturated rings. The van der Waals surface area contributed by atoms with Crippen LogP contribution in [0.5, 0.6) is 0 Å². The van der Waals surface area contributed by atoms with Crippen LogP contribution in [-0.4, -0.2) is 36.5 Å². The Labute approximate surface area is 98.2 Å². The predicted molar refractivity (Wildman–Crippen MR) is 60.6 cm³/mol. The Morgan fingerprint density at radius 1 is 1.60 bits per heavy atom. The van der Waals surface area contributed by atoms with Gasteiger partial charge in [0.05, 0.1) is 22.8 Å². The van der Waals surface area contributed by atoms with E-state index < -0.39 is 6.10 Å². The van der Waals surface area contributed by atoms with Gasteiger partial charge in [0.15, 0.2) is 0 Å². The van der Waals surface area contributed by atoms with E-state index in [-0.39, 0.29) is 6.61 Å². The molecular formula is C9H12Cl2N2O2. The van der Waals surface area contributed by atoms with E-state index in [2.05, 4.69) is 10.3 Å². The number of hydrogen-bond acceptors (Lipinski definition) is 4. The molecule has 1 unspecified atom stereocenters. The Kier molecular flexibility index (Phi) is 5.11. The summed E-state index contributed by atoms with van der Waals surface area (Å²) >= 11 is 11.6. The summed E-state index contributed by atoms with van der Waals surface area (Å²) in [6.07, 6.45) is 0.891. The lowest BCUT2D eigenvalue weighted by molar-refractivity contribution is 0.0727. The van der Waals surface area contributed by atoms with Gasteiger partial charge in [-0.2, -0.15) is 0 Å². The molecule has 0 aliphatic carbocycles. The molecule has 15 heavy (non-hydrogen) atoms. The summed E-state index contributed by atoms with van der Waals surface area (Å²) in [5.41, 5.74) is 0. The summed E-state index contributed by atoms with van der Waals surface area (Å²) in [4.78, 5) is 3.98. The number of hydrogen-bond donors (Lipinski definition) is 2. The maximum absolute atomic E-state index is 9.37. The number of nitrogens with one attached hydrogen (secondary N) is 1. The van der Waals surface area contributed by atoms with Crippen LogP contribution in [-0.2, 0) is 4.74 Å².